The summed E-state index contributed by atoms with van der Waals surface area (Å²) < 4.78 is 5.14. The predicted molar refractivity (Wildman–Crippen MR) is 80.1 cm³/mol. The van der Waals surface area contributed by atoms with Gasteiger partial charge in [0.25, 0.3) is 0 Å². The maximum Gasteiger partial charge on any atom is 0.118 e. The number of hydrogen-bond donors (Lipinski definition) is 1. The third-order valence-corrected chi connectivity index (χ3v) is 4.02. The van der Waals surface area contributed by atoms with Gasteiger partial charge in [-0.1, -0.05) is 47.5 Å². The molecular weight excluding hydrogens is 281 g/mol. The van der Waals surface area contributed by atoms with Gasteiger partial charge in [0.15, 0.2) is 0 Å². The van der Waals surface area contributed by atoms with E-state index < -0.39 is 5.54 Å². The second kappa shape index (κ2) is 5.41. The summed E-state index contributed by atoms with van der Waals surface area (Å²) in [6.45, 7) is 1.91. The first-order valence-electron chi connectivity index (χ1n) is 5.84. The SMILES string of the molecule is COc1ccc(C(C)(N)c2cccc(Cl)c2Cl)cc1. The highest BCUT2D eigenvalue weighted by molar-refractivity contribution is 6.42. The lowest BCUT2D eigenvalue weighted by atomic mass is 9.85. The van der Waals surface area contributed by atoms with E-state index in [1.807, 2.05) is 43.3 Å². The van der Waals surface area contributed by atoms with Gasteiger partial charge in [-0.15, -0.1) is 0 Å². The van der Waals surface area contributed by atoms with Crippen molar-refractivity contribution in [1.82, 2.24) is 0 Å². The van der Waals surface area contributed by atoms with Crippen LogP contribution >= 0.6 is 23.2 Å². The molecule has 19 heavy (non-hydrogen) atoms. The zero-order valence-corrected chi connectivity index (χ0v) is 12.3. The fraction of sp³-hybridized carbons (Fsp3) is 0.200. The van der Waals surface area contributed by atoms with Crippen LogP contribution in [-0.4, -0.2) is 7.11 Å². The smallest absolute Gasteiger partial charge is 0.118 e. The average Bonchev–Trinajstić information content (AvgIpc) is 2.41. The van der Waals surface area contributed by atoms with Crippen molar-refractivity contribution in [2.45, 2.75) is 12.5 Å². The molecule has 4 heteroatoms. The van der Waals surface area contributed by atoms with Crippen molar-refractivity contribution in [3.05, 3.63) is 63.6 Å². The number of nitrogens with two attached hydrogens (primary N) is 1. The van der Waals surface area contributed by atoms with Gasteiger partial charge in [0.05, 0.1) is 22.7 Å². The van der Waals surface area contributed by atoms with Gasteiger partial charge < -0.3 is 10.5 Å². The number of rotatable bonds is 3. The molecule has 2 nitrogen and oxygen atoms in total. The molecule has 0 aliphatic heterocycles. The second-order valence-corrected chi connectivity index (χ2v) is 5.32. The number of ether oxygens (including phenoxy) is 1. The lowest BCUT2D eigenvalue weighted by Crippen LogP contribution is -2.34. The van der Waals surface area contributed by atoms with Crippen molar-refractivity contribution in [2.75, 3.05) is 7.11 Å². The van der Waals surface area contributed by atoms with Crippen LogP contribution in [-0.2, 0) is 5.54 Å². The Labute approximate surface area is 123 Å². The van der Waals surface area contributed by atoms with Gasteiger partial charge in [-0.2, -0.15) is 0 Å². The maximum atomic E-state index is 6.44. The Morgan fingerprint density at radius 3 is 2.26 bits per heavy atom. The van der Waals surface area contributed by atoms with E-state index in [0.717, 1.165) is 16.9 Å². The van der Waals surface area contributed by atoms with Crippen molar-refractivity contribution < 1.29 is 4.74 Å². The third-order valence-electron chi connectivity index (χ3n) is 3.20. The zero-order valence-electron chi connectivity index (χ0n) is 10.8. The molecule has 2 N–H and O–H groups in total. The van der Waals surface area contributed by atoms with Gasteiger partial charge in [-0.3, -0.25) is 0 Å². The van der Waals surface area contributed by atoms with E-state index in [-0.39, 0.29) is 0 Å². The second-order valence-electron chi connectivity index (χ2n) is 4.53. The van der Waals surface area contributed by atoms with Gasteiger partial charge in [-0.05, 0) is 36.2 Å². The van der Waals surface area contributed by atoms with Crippen LogP contribution in [0.25, 0.3) is 0 Å². The molecule has 0 aliphatic rings. The Hall–Kier alpha value is -1.22. The largest absolute Gasteiger partial charge is 0.497 e. The molecule has 1 atom stereocenters. The first kappa shape index (κ1) is 14.2. The molecule has 0 radical (unpaired) electrons. The van der Waals surface area contributed by atoms with E-state index in [2.05, 4.69) is 0 Å². The summed E-state index contributed by atoms with van der Waals surface area (Å²) in [5.41, 5.74) is 7.46. The molecule has 0 fully saturated rings. The lowest BCUT2D eigenvalue weighted by molar-refractivity contribution is 0.414. The zero-order chi connectivity index (χ0) is 14.0. The highest BCUT2D eigenvalue weighted by Crippen LogP contribution is 2.36. The van der Waals surface area contributed by atoms with E-state index in [9.17, 15) is 0 Å². The molecule has 2 aromatic rings. The molecule has 0 saturated heterocycles. The van der Waals surface area contributed by atoms with Crippen molar-refractivity contribution >= 4 is 23.2 Å². The Morgan fingerprint density at radius 2 is 1.68 bits per heavy atom. The Bertz CT molecular complexity index is 579. The van der Waals surface area contributed by atoms with Crippen LogP contribution in [0, 0.1) is 0 Å². The van der Waals surface area contributed by atoms with E-state index in [1.54, 1.807) is 13.2 Å². The molecule has 2 aromatic carbocycles. The summed E-state index contributed by atoms with van der Waals surface area (Å²) >= 11 is 12.3. The average molecular weight is 296 g/mol. The Balaban J connectivity index is 2.48. The molecule has 100 valence electrons. The highest BCUT2D eigenvalue weighted by atomic mass is 35.5. The van der Waals surface area contributed by atoms with E-state index in [1.165, 1.54) is 0 Å². The summed E-state index contributed by atoms with van der Waals surface area (Å²) in [7, 11) is 1.63. The first-order chi connectivity index (χ1) is 8.96. The molecule has 0 bridgehead atoms. The van der Waals surface area contributed by atoms with Crippen LogP contribution < -0.4 is 10.5 Å². The third kappa shape index (κ3) is 2.71. The number of hydrogen-bond acceptors (Lipinski definition) is 2. The monoisotopic (exact) mass is 295 g/mol. The number of halogens is 2. The molecule has 0 spiro atoms. The van der Waals surface area contributed by atoms with Crippen LogP contribution in [0.1, 0.15) is 18.1 Å². The molecule has 0 amide bonds. The molecule has 1 unspecified atom stereocenters. The summed E-state index contributed by atoms with van der Waals surface area (Å²) in [4.78, 5) is 0. The topological polar surface area (TPSA) is 35.2 Å². The van der Waals surface area contributed by atoms with Crippen LogP contribution in [0.15, 0.2) is 42.5 Å². The first-order valence-corrected chi connectivity index (χ1v) is 6.60. The normalized spacial score (nSPS) is 13.9. The van der Waals surface area contributed by atoms with Gasteiger partial charge in [0.1, 0.15) is 5.75 Å². The van der Waals surface area contributed by atoms with Gasteiger partial charge in [0.2, 0.25) is 0 Å². The number of benzene rings is 2. The van der Waals surface area contributed by atoms with Gasteiger partial charge >= 0.3 is 0 Å². The number of methoxy groups -OCH3 is 1. The van der Waals surface area contributed by atoms with Crippen molar-refractivity contribution in [1.29, 1.82) is 0 Å². The molecule has 0 aromatic heterocycles. The van der Waals surface area contributed by atoms with Crippen LogP contribution in [0.5, 0.6) is 5.75 Å². The summed E-state index contributed by atoms with van der Waals surface area (Å²) in [5, 5.41) is 0.995. The Morgan fingerprint density at radius 1 is 1.05 bits per heavy atom. The summed E-state index contributed by atoms with van der Waals surface area (Å²) in [6.07, 6.45) is 0. The quantitative estimate of drug-likeness (QED) is 0.920. The molecular formula is C15H15Cl2NO. The minimum Gasteiger partial charge on any atom is -0.497 e. The fourth-order valence-corrected chi connectivity index (χ4v) is 2.49. The minimum atomic E-state index is -0.714. The van der Waals surface area contributed by atoms with E-state index in [0.29, 0.717) is 10.0 Å². The Kier molecular flexibility index (Phi) is 4.04. The molecule has 0 heterocycles. The van der Waals surface area contributed by atoms with Crippen molar-refractivity contribution in [3.63, 3.8) is 0 Å². The van der Waals surface area contributed by atoms with Gasteiger partial charge in [-0.25, -0.2) is 0 Å². The van der Waals surface area contributed by atoms with Crippen LogP contribution in [0.2, 0.25) is 10.0 Å². The standard InChI is InChI=1S/C15H15Cl2NO/c1-15(18,10-6-8-11(19-2)9-7-10)12-4-3-5-13(16)14(12)17/h3-9H,18H2,1-2H3. The van der Waals surface area contributed by atoms with Crippen LogP contribution in [0.4, 0.5) is 0 Å². The molecule has 0 aliphatic carbocycles. The van der Waals surface area contributed by atoms with Crippen molar-refractivity contribution in [3.8, 4) is 5.75 Å². The van der Waals surface area contributed by atoms with Crippen LogP contribution in [0.3, 0.4) is 0 Å². The summed E-state index contributed by atoms with van der Waals surface area (Å²) in [6, 6.07) is 13.1. The van der Waals surface area contributed by atoms with E-state index >= 15 is 0 Å². The maximum absolute atomic E-state index is 6.44. The van der Waals surface area contributed by atoms with E-state index in [4.69, 9.17) is 33.7 Å². The van der Waals surface area contributed by atoms with Gasteiger partial charge in [0, 0.05) is 0 Å². The lowest BCUT2D eigenvalue weighted by Gasteiger charge is -2.27. The molecule has 0 saturated carbocycles. The predicted octanol–water partition coefficient (Wildman–Crippen LogP) is 4.22. The molecule has 2 rings (SSSR count). The highest BCUT2D eigenvalue weighted by Gasteiger charge is 2.27. The fourth-order valence-electron chi connectivity index (χ4n) is 2.00. The summed E-state index contributed by atoms with van der Waals surface area (Å²) in [5.74, 6) is 0.789. The van der Waals surface area contributed by atoms with Crippen molar-refractivity contribution in [2.24, 2.45) is 5.73 Å². The minimum absolute atomic E-state index is 0.491.